The maximum atomic E-state index is 10.7. The maximum Gasteiger partial charge on any atom is 0.492 e. The van der Waals surface area contributed by atoms with Gasteiger partial charge in [0.1, 0.15) is 0 Å². The number of hydrogen-bond donors (Lipinski definition) is 3. The summed E-state index contributed by atoms with van der Waals surface area (Å²) >= 11 is 0. The topological polar surface area (TPSA) is 109 Å². The number of rotatable bonds is 46. The summed E-state index contributed by atoms with van der Waals surface area (Å²) in [5.74, 6) is 0. The zero-order chi connectivity index (χ0) is 72.0. The number of piperazine rings is 24. The first kappa shape index (κ1) is 132. The molecule has 0 amide bonds. The number of nitrogens with zero attached hydrogens (tertiary/aromatic N) is 23. The van der Waals surface area contributed by atoms with Crippen molar-refractivity contribution in [3.63, 3.8) is 0 Å². The van der Waals surface area contributed by atoms with Gasteiger partial charge in [-0.2, -0.15) is 0 Å². The van der Waals surface area contributed by atoms with E-state index in [9.17, 15) is 14.4 Å². The summed E-state index contributed by atoms with van der Waals surface area (Å²) < 4.78 is 10.7. The smallest absolute Gasteiger partial charge is 0.492 e. The van der Waals surface area contributed by atoms with Gasteiger partial charge in [0.25, 0.3) is 0 Å². The van der Waals surface area contributed by atoms with Gasteiger partial charge in [0.2, 0.25) is 0 Å². The van der Waals surface area contributed by atoms with Crippen molar-refractivity contribution < 1.29 is 333 Å². The Morgan fingerprint density at radius 1 is 0.163 bits per heavy atom. The fourth-order valence-electron chi connectivity index (χ4n) is 23.9. The molecule has 0 atom stereocenters. The summed E-state index contributed by atoms with van der Waals surface area (Å²) in [4.78, 5) is 74.7. The first-order chi connectivity index (χ1) is 51.5. The third-order valence-electron chi connectivity index (χ3n) is 33.9. The number of quaternary nitrogens is 8. The molecule has 16 bridgehead atoms. The van der Waals surface area contributed by atoms with Crippen molar-refractivity contribution >= 4 is 8.80 Å². The molecule has 24 saturated heterocycles. The minimum absolute atomic E-state index is 0. The minimum Gasteiger partial charge on any atom is -1.00 e. The van der Waals surface area contributed by atoms with Gasteiger partial charge in [0.05, 0.1) is 209 Å². The van der Waals surface area contributed by atoms with E-state index in [4.69, 9.17) is 0 Å². The molecule has 0 aromatic heterocycles. The zero-order valence-electron chi connectivity index (χ0n) is 73.9. The van der Waals surface area contributed by atoms with Crippen LogP contribution in [0, 0.1) is 0 Å². The van der Waals surface area contributed by atoms with Crippen molar-refractivity contribution in [2.24, 2.45) is 0 Å². The Bertz CT molecular complexity index is 2180. The molecule has 0 aromatic carbocycles. The third-order valence-corrected chi connectivity index (χ3v) is 34.9. The van der Waals surface area contributed by atoms with Gasteiger partial charge < -0.3 is 154 Å². The zero-order valence-corrected chi connectivity index (χ0v) is 94.9. The molecule has 3 N–H and O–H groups in total. The van der Waals surface area contributed by atoms with E-state index in [1.807, 2.05) is 0 Å². The van der Waals surface area contributed by atoms with Crippen LogP contribution in [0.3, 0.4) is 0 Å². The normalized spacial score (nSPS) is 33.9. The summed E-state index contributed by atoms with van der Waals surface area (Å²) in [6.45, 7) is 97.3. The molecule has 26 nitrogen and oxygen atoms in total. The van der Waals surface area contributed by atoms with Crippen LogP contribution in [0.25, 0.3) is 0 Å². The van der Waals surface area contributed by atoms with Crippen LogP contribution in [0.4, 0.5) is 0 Å². The molecular formula is C79H161Cl8N23O3Pd9Si. The van der Waals surface area contributed by atoms with E-state index in [2.05, 4.69) is 73.5 Å². The minimum atomic E-state index is -4.23. The van der Waals surface area contributed by atoms with Crippen LogP contribution in [0.2, 0.25) is 6.04 Å². The number of fused-ring (bicyclic) bond motifs is 24. The summed E-state index contributed by atoms with van der Waals surface area (Å²) in [7, 11) is -4.23. The van der Waals surface area contributed by atoms with E-state index in [0.717, 1.165) is 85.1 Å². The molecule has 24 rings (SSSR count). The monoisotopic (exact) mass is 2740 g/mol. The van der Waals surface area contributed by atoms with E-state index in [1.165, 1.54) is 455 Å². The van der Waals surface area contributed by atoms with Gasteiger partial charge >= 0.3 is 8.80 Å². The molecule has 0 aliphatic carbocycles. The predicted molar refractivity (Wildman–Crippen MR) is 426 cm³/mol. The first-order valence-electron chi connectivity index (χ1n) is 45.4. The second-order valence-corrected chi connectivity index (χ2v) is 41.4. The van der Waals surface area contributed by atoms with E-state index in [-0.39, 0.29) is 289 Å². The van der Waals surface area contributed by atoms with E-state index < -0.39 is 8.80 Å². The second-order valence-electron chi connectivity index (χ2n) is 39.4. The molecule has 123 heavy (non-hydrogen) atoms. The standard InChI is InChI=1S/C79H161N23O3Si.8ClH.9Pd/c103-106(104,105)79-1-2-80(3-5-81(7-11-83(15-47-95-55-23-87(24-56-95)25-57-95)16-48-96-58-26-88(27-59-96)28-60-96)8-12-84(17-49-97-61-29-89(30-62-97)31-63-97)18-50-98-64-32-90(33-65-98)34-66-98)4-6-82(9-13-85(19-51-99-67-35-91(36-68-99)37-69-99)20-52-100-70-38-92(39-71-100)40-72-100)10-14-86(21-53-101-73-41-93(42-74-101)43-75-101)22-54-102-76-44-94(45-77-102)46-78-102;;;;;;;;;;;;;;;;;/h103-105H,1-79H2;8*1H;;;;;;;;;/q+8;;;;;;;;;;;;;;;;;/p-8. The molecule has 0 spiro atoms. The predicted octanol–water partition coefficient (Wildman–Crippen LogP) is -29.4. The van der Waals surface area contributed by atoms with Crippen LogP contribution in [-0.2, 0) is 184 Å². The van der Waals surface area contributed by atoms with Gasteiger partial charge in [0.15, 0.2) is 0 Å². The Balaban J connectivity index is 0. The van der Waals surface area contributed by atoms with E-state index >= 15 is 0 Å². The molecule has 0 unspecified atom stereocenters. The van der Waals surface area contributed by atoms with Gasteiger partial charge in [-0.1, -0.05) is 0 Å². The van der Waals surface area contributed by atoms with Crippen LogP contribution >= 0.6 is 0 Å². The van der Waals surface area contributed by atoms with Crippen LogP contribution in [0.1, 0.15) is 6.42 Å². The molecule has 0 radical (unpaired) electrons. The first-order valence-corrected chi connectivity index (χ1v) is 47.4. The van der Waals surface area contributed by atoms with Gasteiger partial charge in [-0.25, -0.2) is 0 Å². The van der Waals surface area contributed by atoms with Crippen molar-refractivity contribution in [2.45, 2.75) is 12.5 Å². The van der Waals surface area contributed by atoms with Gasteiger partial charge in [-0.3, -0.25) is 68.6 Å². The van der Waals surface area contributed by atoms with Crippen LogP contribution in [0.15, 0.2) is 0 Å². The number of hydrogen-bond acceptors (Lipinski definition) is 18. The molecule has 44 heteroatoms. The van der Waals surface area contributed by atoms with Crippen molar-refractivity contribution in [2.75, 3.05) is 504 Å². The van der Waals surface area contributed by atoms with Gasteiger partial charge in [0, 0.05) is 478 Å². The van der Waals surface area contributed by atoms with Crippen LogP contribution in [0.5, 0.6) is 0 Å². The van der Waals surface area contributed by atoms with Crippen molar-refractivity contribution in [1.29, 1.82) is 0 Å². The molecule has 760 valence electrons. The fourth-order valence-corrected chi connectivity index (χ4v) is 24.6. The third kappa shape index (κ3) is 37.6. The molecule has 24 aliphatic heterocycles. The summed E-state index contributed by atoms with van der Waals surface area (Å²) in [6.07, 6.45) is 0.620. The average Bonchev–Trinajstić information content (AvgIpc) is 0.816. The summed E-state index contributed by atoms with van der Waals surface area (Å²) in [6, 6.07) is 0.114. The number of halogens is 8. The molecule has 0 aromatic rings. The Morgan fingerprint density at radius 3 is 0.366 bits per heavy atom. The van der Waals surface area contributed by atoms with Gasteiger partial charge in [-0.05, 0) is 13.0 Å². The summed E-state index contributed by atoms with van der Waals surface area (Å²) in [5, 5.41) is 0. The Kier molecular flexibility index (Phi) is 66.9. The van der Waals surface area contributed by atoms with E-state index in [1.54, 1.807) is 0 Å². The quantitative estimate of drug-likeness (QED) is 0.0397. The SMILES string of the molecule is O[Si](O)(O)CCCN(CCN(CCN(CC[N+]12CCN(CC1)CC2)CC[N+]12CCN(CC1)CC2)CCN(CC[N+]12CCN(CC1)CC2)CC[N+]12CCN(CC1)CC2)CCN(CCN(CC[N+]12CCN(CC1)CC2)CC[N+]12CCN(CC1)CC2)CCN(CC[N+]12CCN(CC1)CC2)CC[N+]12CCN(CC1)CC2.[Cl-].[Cl-].[Cl-].[Cl-].[Cl-].[Cl-].[Cl-].[Cl-].[Pd].[Pd].[Pd].[Pd].[Pd].[Pd].[Pd].[Pd].[Pd]. The maximum absolute atomic E-state index is 10.7. The summed E-state index contributed by atoms with van der Waals surface area (Å²) in [5.41, 5.74) is 0. The van der Waals surface area contributed by atoms with Crippen LogP contribution in [-0.4, -0.2) is 637 Å². The Labute approximate surface area is 921 Å². The molecule has 24 aliphatic rings. The van der Waals surface area contributed by atoms with Crippen molar-refractivity contribution in [1.82, 2.24) is 73.5 Å². The van der Waals surface area contributed by atoms with Gasteiger partial charge in [-0.15, -0.1) is 0 Å². The Morgan fingerprint density at radius 2 is 0.260 bits per heavy atom. The van der Waals surface area contributed by atoms with Crippen molar-refractivity contribution in [3.8, 4) is 0 Å². The largest absolute Gasteiger partial charge is 1.00 e. The molecule has 24 heterocycles. The van der Waals surface area contributed by atoms with E-state index in [0.29, 0.717) is 6.42 Å². The fraction of sp³-hybridized carbons (Fsp3) is 1.00. The average molecular weight is 2750 g/mol. The molecule has 0 saturated carbocycles. The Hall–Kier alpha value is 7.46. The molecular weight excluding hydrogens is 2590 g/mol. The van der Waals surface area contributed by atoms with Crippen molar-refractivity contribution in [3.05, 3.63) is 0 Å². The van der Waals surface area contributed by atoms with Crippen LogP contribution < -0.4 is 99.3 Å². The second kappa shape index (κ2) is 62.1. The molecule has 24 fully saturated rings.